The second-order valence-electron chi connectivity index (χ2n) is 3.43. The number of carbonyl (C=O) groups is 1. The van der Waals surface area contributed by atoms with Crippen LogP contribution in [0.1, 0.15) is 10.4 Å². The van der Waals surface area contributed by atoms with Gasteiger partial charge in [0.1, 0.15) is 0 Å². The van der Waals surface area contributed by atoms with Gasteiger partial charge in [-0.05, 0) is 24.3 Å². The summed E-state index contributed by atoms with van der Waals surface area (Å²) in [6, 6.07) is 6.90. The Kier molecular flexibility index (Phi) is 5.10. The average Bonchev–Trinajstić information content (AvgIpc) is 2.24. The molecule has 0 aliphatic rings. The molecule has 0 unspecified atom stereocenters. The Morgan fingerprint density at radius 1 is 1.24 bits per heavy atom. The van der Waals surface area contributed by atoms with Gasteiger partial charge in [0, 0.05) is 23.1 Å². The van der Waals surface area contributed by atoms with Crippen LogP contribution in [-0.2, 0) is 10.0 Å². The van der Waals surface area contributed by atoms with Gasteiger partial charge in [-0.1, -0.05) is 15.9 Å². The van der Waals surface area contributed by atoms with Crippen LogP contribution in [0.4, 0.5) is 0 Å². The van der Waals surface area contributed by atoms with Crippen LogP contribution in [0.15, 0.2) is 28.7 Å². The van der Waals surface area contributed by atoms with Gasteiger partial charge in [0.25, 0.3) is 5.91 Å². The van der Waals surface area contributed by atoms with E-state index in [1.54, 1.807) is 24.3 Å². The fourth-order valence-electron chi connectivity index (χ4n) is 1.12. The molecule has 0 fully saturated rings. The van der Waals surface area contributed by atoms with Crippen molar-refractivity contribution in [2.45, 2.75) is 0 Å². The van der Waals surface area contributed by atoms with Crippen molar-refractivity contribution < 1.29 is 13.2 Å². The zero-order valence-electron chi connectivity index (χ0n) is 9.23. The van der Waals surface area contributed by atoms with Crippen LogP contribution in [0.5, 0.6) is 0 Å². The minimum Gasteiger partial charge on any atom is -0.351 e. The Hall–Kier alpha value is -0.920. The molecule has 1 rings (SSSR count). The molecule has 0 aromatic heterocycles. The third-order valence-electron chi connectivity index (χ3n) is 1.88. The normalized spacial score (nSPS) is 11.2. The van der Waals surface area contributed by atoms with Crippen molar-refractivity contribution in [3.05, 3.63) is 34.3 Å². The standard InChI is InChI=1S/C10H13BrN2O3S/c1-17(15,16)13-7-6-12-10(14)8-2-4-9(11)5-3-8/h2-5,13H,6-7H2,1H3,(H,12,14). The molecule has 0 aliphatic carbocycles. The van der Waals surface area contributed by atoms with Crippen molar-refractivity contribution in [2.24, 2.45) is 0 Å². The molecule has 0 saturated heterocycles. The molecule has 5 nitrogen and oxygen atoms in total. The first-order chi connectivity index (χ1) is 7.88. The number of amides is 1. The molecule has 7 heteroatoms. The lowest BCUT2D eigenvalue weighted by Gasteiger charge is -2.05. The van der Waals surface area contributed by atoms with E-state index in [9.17, 15) is 13.2 Å². The van der Waals surface area contributed by atoms with Crippen molar-refractivity contribution in [3.63, 3.8) is 0 Å². The van der Waals surface area contributed by atoms with Crippen molar-refractivity contribution in [1.82, 2.24) is 10.0 Å². The predicted octanol–water partition coefficient (Wildman–Crippen LogP) is 0.728. The quantitative estimate of drug-likeness (QED) is 0.785. The average molecular weight is 321 g/mol. The largest absolute Gasteiger partial charge is 0.351 e. The van der Waals surface area contributed by atoms with Crippen LogP contribution in [0.25, 0.3) is 0 Å². The summed E-state index contributed by atoms with van der Waals surface area (Å²) in [6.45, 7) is 0.434. The summed E-state index contributed by atoms with van der Waals surface area (Å²) in [5.41, 5.74) is 0.535. The lowest BCUT2D eigenvalue weighted by atomic mass is 10.2. The molecule has 1 aromatic rings. The second-order valence-corrected chi connectivity index (χ2v) is 6.18. The monoisotopic (exact) mass is 320 g/mol. The molecule has 0 spiro atoms. The number of nitrogens with one attached hydrogen (secondary N) is 2. The maximum atomic E-state index is 11.6. The van der Waals surface area contributed by atoms with E-state index in [4.69, 9.17) is 0 Å². The zero-order chi connectivity index (χ0) is 12.9. The summed E-state index contributed by atoms with van der Waals surface area (Å²) in [4.78, 5) is 11.6. The molecule has 1 aromatic carbocycles. The van der Waals surface area contributed by atoms with Crippen molar-refractivity contribution >= 4 is 31.9 Å². The molecular formula is C10H13BrN2O3S. The zero-order valence-corrected chi connectivity index (χ0v) is 11.6. The minimum atomic E-state index is -3.20. The first kappa shape index (κ1) is 14.1. The Labute approximate surface area is 109 Å². The Morgan fingerprint density at radius 3 is 2.35 bits per heavy atom. The molecule has 17 heavy (non-hydrogen) atoms. The highest BCUT2D eigenvalue weighted by atomic mass is 79.9. The highest BCUT2D eigenvalue weighted by Gasteiger charge is 2.04. The van der Waals surface area contributed by atoms with Gasteiger partial charge in [0.05, 0.1) is 6.26 Å². The van der Waals surface area contributed by atoms with Gasteiger partial charge in [-0.3, -0.25) is 4.79 Å². The number of hydrogen-bond acceptors (Lipinski definition) is 3. The van der Waals surface area contributed by atoms with Gasteiger partial charge in [0.15, 0.2) is 0 Å². The summed E-state index contributed by atoms with van der Waals surface area (Å²) in [7, 11) is -3.20. The van der Waals surface area contributed by atoms with Crippen LogP contribution >= 0.6 is 15.9 Å². The third-order valence-corrected chi connectivity index (χ3v) is 3.14. The number of halogens is 1. The van der Waals surface area contributed by atoms with Crippen molar-refractivity contribution in [3.8, 4) is 0 Å². The van der Waals surface area contributed by atoms with Crippen molar-refractivity contribution in [1.29, 1.82) is 0 Å². The Morgan fingerprint density at radius 2 is 1.82 bits per heavy atom. The summed E-state index contributed by atoms with van der Waals surface area (Å²) in [6.07, 6.45) is 1.07. The lowest BCUT2D eigenvalue weighted by Crippen LogP contribution is -2.34. The number of benzene rings is 1. The number of carbonyl (C=O) groups excluding carboxylic acids is 1. The fraction of sp³-hybridized carbons (Fsp3) is 0.300. The highest BCUT2D eigenvalue weighted by molar-refractivity contribution is 9.10. The van der Waals surface area contributed by atoms with Gasteiger partial charge >= 0.3 is 0 Å². The predicted molar refractivity (Wildman–Crippen MR) is 69.3 cm³/mol. The van der Waals surface area contributed by atoms with Gasteiger partial charge in [-0.25, -0.2) is 13.1 Å². The van der Waals surface area contributed by atoms with Crippen LogP contribution in [0.3, 0.4) is 0 Å². The van der Waals surface area contributed by atoms with Crippen LogP contribution in [0, 0.1) is 0 Å². The second kappa shape index (κ2) is 6.13. The molecule has 0 heterocycles. The Bertz CT molecular complexity index is 485. The van der Waals surface area contributed by atoms with Crippen molar-refractivity contribution in [2.75, 3.05) is 19.3 Å². The summed E-state index contributed by atoms with van der Waals surface area (Å²) >= 11 is 3.27. The molecule has 0 saturated carbocycles. The van der Waals surface area contributed by atoms with Crippen LogP contribution < -0.4 is 10.0 Å². The fourth-order valence-corrected chi connectivity index (χ4v) is 1.85. The molecule has 0 atom stereocenters. The van der Waals surface area contributed by atoms with E-state index >= 15 is 0 Å². The third kappa shape index (κ3) is 5.81. The molecule has 0 bridgehead atoms. The summed E-state index contributed by atoms with van der Waals surface area (Å²) < 4.78 is 24.7. The summed E-state index contributed by atoms with van der Waals surface area (Å²) in [5.74, 6) is -0.229. The lowest BCUT2D eigenvalue weighted by molar-refractivity contribution is 0.0954. The molecule has 0 radical (unpaired) electrons. The minimum absolute atomic E-state index is 0.182. The number of hydrogen-bond donors (Lipinski definition) is 2. The number of rotatable bonds is 5. The maximum absolute atomic E-state index is 11.6. The van der Waals surface area contributed by atoms with E-state index in [-0.39, 0.29) is 19.0 Å². The van der Waals surface area contributed by atoms with Crippen LogP contribution in [-0.4, -0.2) is 33.7 Å². The molecule has 1 amide bonds. The SMILES string of the molecule is CS(=O)(=O)NCCNC(=O)c1ccc(Br)cc1. The van der Waals surface area contributed by atoms with Crippen LogP contribution in [0.2, 0.25) is 0 Å². The Balaban J connectivity index is 2.38. The maximum Gasteiger partial charge on any atom is 0.251 e. The van der Waals surface area contributed by atoms with E-state index in [2.05, 4.69) is 26.0 Å². The van der Waals surface area contributed by atoms with E-state index in [0.717, 1.165) is 10.7 Å². The summed E-state index contributed by atoms with van der Waals surface area (Å²) in [5, 5.41) is 2.61. The molecule has 2 N–H and O–H groups in total. The smallest absolute Gasteiger partial charge is 0.251 e. The molecule has 94 valence electrons. The van der Waals surface area contributed by atoms with Gasteiger partial charge < -0.3 is 5.32 Å². The first-order valence-corrected chi connectivity index (χ1v) is 7.55. The highest BCUT2D eigenvalue weighted by Crippen LogP contribution is 2.10. The molecular weight excluding hydrogens is 308 g/mol. The van der Waals surface area contributed by atoms with E-state index < -0.39 is 10.0 Å². The first-order valence-electron chi connectivity index (χ1n) is 4.87. The van der Waals surface area contributed by atoms with E-state index in [0.29, 0.717) is 5.56 Å². The van der Waals surface area contributed by atoms with E-state index in [1.165, 1.54) is 0 Å². The van der Waals surface area contributed by atoms with Gasteiger partial charge in [-0.2, -0.15) is 0 Å². The van der Waals surface area contributed by atoms with Gasteiger partial charge in [-0.15, -0.1) is 0 Å². The van der Waals surface area contributed by atoms with Gasteiger partial charge in [0.2, 0.25) is 10.0 Å². The number of sulfonamides is 1. The topological polar surface area (TPSA) is 75.3 Å². The van der Waals surface area contributed by atoms with E-state index in [1.807, 2.05) is 0 Å². The molecule has 0 aliphatic heterocycles.